The Morgan fingerprint density at radius 3 is 2.83 bits per heavy atom. The highest BCUT2D eigenvalue weighted by molar-refractivity contribution is 6.30. The molecule has 1 aliphatic heterocycles. The van der Waals surface area contributed by atoms with Crippen LogP contribution in [0.2, 0.25) is 5.02 Å². The Labute approximate surface area is 140 Å². The number of hydrogen-bond donors (Lipinski definition) is 1. The van der Waals surface area contributed by atoms with Crippen LogP contribution in [0.3, 0.4) is 0 Å². The molecule has 0 saturated carbocycles. The lowest BCUT2D eigenvalue weighted by Gasteiger charge is -2.26. The molecule has 0 spiro atoms. The molecule has 1 saturated heterocycles. The van der Waals surface area contributed by atoms with E-state index in [2.05, 4.69) is 22.6 Å². The number of amides is 1. The number of hydrogen-bond acceptors (Lipinski definition) is 4. The van der Waals surface area contributed by atoms with E-state index in [0.717, 1.165) is 37.3 Å². The molecular weight excluding hydrogens is 314 g/mol. The molecule has 0 bridgehead atoms. The van der Waals surface area contributed by atoms with Crippen molar-refractivity contribution in [2.75, 3.05) is 26.2 Å². The molecule has 23 heavy (non-hydrogen) atoms. The van der Waals surface area contributed by atoms with Crippen LogP contribution in [0.25, 0.3) is 5.69 Å². The highest BCUT2D eigenvalue weighted by atomic mass is 35.5. The number of nitrogens with one attached hydrogen (secondary N) is 1. The molecule has 7 heteroatoms. The summed E-state index contributed by atoms with van der Waals surface area (Å²) in [4.78, 5) is 14.6. The van der Waals surface area contributed by atoms with Crippen molar-refractivity contribution in [3.8, 4) is 5.69 Å². The van der Waals surface area contributed by atoms with Crippen LogP contribution in [0.5, 0.6) is 0 Å². The largest absolute Gasteiger partial charge is 0.335 e. The standard InChI is InChI=1S/C16H20ClN5O/c1-2-4-14-15(16(23)21-9-7-18-8-10-21)19-20-22(14)13-6-3-5-12(17)11-13/h3,5-6,11,18H,2,4,7-10H2,1H3. The summed E-state index contributed by atoms with van der Waals surface area (Å²) in [5.74, 6) is -0.0387. The molecule has 1 aromatic carbocycles. The lowest BCUT2D eigenvalue weighted by Crippen LogP contribution is -2.46. The number of carbonyl (C=O) groups excluding carboxylic acids is 1. The molecule has 3 rings (SSSR count). The average molecular weight is 334 g/mol. The van der Waals surface area contributed by atoms with Gasteiger partial charge in [-0.25, -0.2) is 4.68 Å². The molecule has 0 atom stereocenters. The zero-order valence-electron chi connectivity index (χ0n) is 13.1. The average Bonchev–Trinajstić information content (AvgIpc) is 2.99. The second kappa shape index (κ2) is 7.10. The van der Waals surface area contributed by atoms with Crippen molar-refractivity contribution in [1.82, 2.24) is 25.2 Å². The van der Waals surface area contributed by atoms with Crippen LogP contribution < -0.4 is 5.32 Å². The minimum absolute atomic E-state index is 0.0387. The Kier molecular flexibility index (Phi) is 4.93. The van der Waals surface area contributed by atoms with Gasteiger partial charge in [-0.05, 0) is 24.6 Å². The summed E-state index contributed by atoms with van der Waals surface area (Å²) in [6.45, 7) is 5.12. The molecule has 2 heterocycles. The molecule has 0 radical (unpaired) electrons. The number of rotatable bonds is 4. The summed E-state index contributed by atoms with van der Waals surface area (Å²) in [6.07, 6.45) is 1.66. The summed E-state index contributed by atoms with van der Waals surface area (Å²) in [5, 5.41) is 12.3. The molecule has 1 amide bonds. The molecule has 1 aliphatic rings. The van der Waals surface area contributed by atoms with E-state index in [1.807, 2.05) is 29.2 Å². The van der Waals surface area contributed by atoms with Crippen LogP contribution in [0.1, 0.15) is 29.5 Å². The Bertz CT molecular complexity index is 694. The fourth-order valence-corrected chi connectivity index (χ4v) is 2.95. The molecule has 1 aromatic heterocycles. The van der Waals surface area contributed by atoms with Crippen LogP contribution >= 0.6 is 11.6 Å². The summed E-state index contributed by atoms with van der Waals surface area (Å²) >= 11 is 6.07. The van der Waals surface area contributed by atoms with Gasteiger partial charge in [-0.2, -0.15) is 0 Å². The number of aromatic nitrogens is 3. The lowest BCUT2D eigenvalue weighted by atomic mass is 10.1. The number of benzene rings is 1. The molecule has 1 fully saturated rings. The van der Waals surface area contributed by atoms with E-state index in [1.165, 1.54) is 0 Å². The lowest BCUT2D eigenvalue weighted by molar-refractivity contribution is 0.0728. The van der Waals surface area contributed by atoms with Crippen molar-refractivity contribution in [2.24, 2.45) is 0 Å². The third-order valence-electron chi connectivity index (χ3n) is 3.91. The first kappa shape index (κ1) is 16.0. The maximum absolute atomic E-state index is 12.8. The van der Waals surface area contributed by atoms with E-state index < -0.39 is 0 Å². The van der Waals surface area contributed by atoms with E-state index in [4.69, 9.17) is 11.6 Å². The molecule has 2 aromatic rings. The summed E-state index contributed by atoms with van der Waals surface area (Å²) in [7, 11) is 0. The van der Waals surface area contributed by atoms with Gasteiger partial charge in [0.05, 0.1) is 11.4 Å². The van der Waals surface area contributed by atoms with Gasteiger partial charge < -0.3 is 10.2 Å². The number of halogens is 1. The van der Waals surface area contributed by atoms with Crippen molar-refractivity contribution in [1.29, 1.82) is 0 Å². The smallest absolute Gasteiger partial charge is 0.276 e. The summed E-state index contributed by atoms with van der Waals surface area (Å²) in [5.41, 5.74) is 2.12. The van der Waals surface area contributed by atoms with E-state index in [-0.39, 0.29) is 5.91 Å². The third kappa shape index (κ3) is 3.38. The van der Waals surface area contributed by atoms with Gasteiger partial charge in [0.25, 0.3) is 5.91 Å². The van der Waals surface area contributed by atoms with E-state index in [9.17, 15) is 4.79 Å². The summed E-state index contributed by atoms with van der Waals surface area (Å²) < 4.78 is 1.73. The number of piperazine rings is 1. The van der Waals surface area contributed by atoms with Gasteiger partial charge in [-0.1, -0.05) is 36.2 Å². The predicted octanol–water partition coefficient (Wildman–Crippen LogP) is 1.92. The topological polar surface area (TPSA) is 63.1 Å². The van der Waals surface area contributed by atoms with Crippen LogP contribution in [-0.2, 0) is 6.42 Å². The Balaban J connectivity index is 1.96. The fourth-order valence-electron chi connectivity index (χ4n) is 2.76. The van der Waals surface area contributed by atoms with Gasteiger partial charge in [0.2, 0.25) is 0 Å². The van der Waals surface area contributed by atoms with Crippen molar-refractivity contribution in [3.63, 3.8) is 0 Å². The highest BCUT2D eigenvalue weighted by Gasteiger charge is 2.25. The van der Waals surface area contributed by atoms with E-state index in [1.54, 1.807) is 4.68 Å². The van der Waals surface area contributed by atoms with Gasteiger partial charge in [-0.15, -0.1) is 5.10 Å². The monoisotopic (exact) mass is 333 g/mol. The Morgan fingerprint density at radius 1 is 1.35 bits per heavy atom. The van der Waals surface area contributed by atoms with E-state index in [0.29, 0.717) is 23.8 Å². The van der Waals surface area contributed by atoms with Crippen molar-refractivity contribution in [3.05, 3.63) is 40.7 Å². The molecule has 0 aliphatic carbocycles. The molecule has 6 nitrogen and oxygen atoms in total. The first-order valence-corrected chi connectivity index (χ1v) is 8.29. The quantitative estimate of drug-likeness (QED) is 0.928. The van der Waals surface area contributed by atoms with Gasteiger partial charge in [0.15, 0.2) is 5.69 Å². The minimum Gasteiger partial charge on any atom is -0.335 e. The first-order valence-electron chi connectivity index (χ1n) is 7.91. The predicted molar refractivity (Wildman–Crippen MR) is 89.1 cm³/mol. The second-order valence-corrected chi connectivity index (χ2v) is 6.01. The maximum atomic E-state index is 12.8. The van der Waals surface area contributed by atoms with Gasteiger partial charge in [-0.3, -0.25) is 4.79 Å². The third-order valence-corrected chi connectivity index (χ3v) is 4.14. The van der Waals surface area contributed by atoms with Crippen molar-refractivity contribution < 1.29 is 4.79 Å². The van der Waals surface area contributed by atoms with E-state index >= 15 is 0 Å². The number of carbonyl (C=O) groups is 1. The van der Waals surface area contributed by atoms with Gasteiger partial charge in [0.1, 0.15) is 0 Å². The van der Waals surface area contributed by atoms with Crippen LogP contribution in [0, 0.1) is 0 Å². The van der Waals surface area contributed by atoms with Crippen molar-refractivity contribution >= 4 is 17.5 Å². The zero-order valence-corrected chi connectivity index (χ0v) is 13.9. The summed E-state index contributed by atoms with van der Waals surface area (Å²) in [6, 6.07) is 7.43. The van der Waals surface area contributed by atoms with Crippen molar-refractivity contribution in [2.45, 2.75) is 19.8 Å². The van der Waals surface area contributed by atoms with Crippen LogP contribution in [0.4, 0.5) is 0 Å². The minimum atomic E-state index is -0.0387. The second-order valence-electron chi connectivity index (χ2n) is 5.57. The maximum Gasteiger partial charge on any atom is 0.276 e. The Hall–Kier alpha value is -1.92. The van der Waals surface area contributed by atoms with Crippen LogP contribution in [0.15, 0.2) is 24.3 Å². The molecular formula is C16H20ClN5O. The fraction of sp³-hybridized carbons (Fsp3) is 0.438. The van der Waals surface area contributed by atoms with Gasteiger partial charge >= 0.3 is 0 Å². The zero-order chi connectivity index (χ0) is 16.2. The molecule has 1 N–H and O–H groups in total. The number of nitrogens with zero attached hydrogens (tertiary/aromatic N) is 4. The van der Waals surface area contributed by atoms with Crippen LogP contribution in [-0.4, -0.2) is 52.0 Å². The van der Waals surface area contributed by atoms with Gasteiger partial charge in [0, 0.05) is 31.2 Å². The molecule has 0 unspecified atom stereocenters. The molecule has 122 valence electrons. The normalized spacial score (nSPS) is 15.0. The SMILES string of the molecule is CCCc1c(C(=O)N2CCNCC2)nnn1-c1cccc(Cl)c1. The first-order chi connectivity index (χ1) is 11.2. The highest BCUT2D eigenvalue weighted by Crippen LogP contribution is 2.19. The Morgan fingerprint density at radius 2 is 2.13 bits per heavy atom.